The summed E-state index contributed by atoms with van der Waals surface area (Å²) in [6.07, 6.45) is 0.402. The maximum absolute atomic E-state index is 12.5. The zero-order valence-electron chi connectivity index (χ0n) is 14.9. The van der Waals surface area contributed by atoms with Crippen molar-refractivity contribution in [2.24, 2.45) is 0 Å². The summed E-state index contributed by atoms with van der Waals surface area (Å²) >= 11 is 0. The lowest BCUT2D eigenvalue weighted by atomic mass is 10.0. The van der Waals surface area contributed by atoms with Gasteiger partial charge in [-0.25, -0.2) is 0 Å². The first kappa shape index (κ1) is 16.5. The standard InChI is InChI=1S/C21H21N3O2/c1-14(2)15-8-10-18(11-9-15)24-13-17(12-19(24)25)20-22-21(26-23-20)16-6-4-3-5-7-16/h3-11,14,17H,12-13H2,1-2H3. The number of rotatable bonds is 4. The Morgan fingerprint density at radius 2 is 1.81 bits per heavy atom. The first-order chi connectivity index (χ1) is 12.6. The van der Waals surface area contributed by atoms with Gasteiger partial charge < -0.3 is 9.42 Å². The van der Waals surface area contributed by atoms with Crippen molar-refractivity contribution < 1.29 is 9.32 Å². The van der Waals surface area contributed by atoms with Crippen LogP contribution in [-0.4, -0.2) is 22.6 Å². The minimum absolute atomic E-state index is 0.0477. The van der Waals surface area contributed by atoms with Crippen molar-refractivity contribution in [3.63, 3.8) is 0 Å². The predicted octanol–water partition coefficient (Wildman–Crippen LogP) is 4.38. The lowest BCUT2D eigenvalue weighted by Crippen LogP contribution is -2.24. The normalized spacial score (nSPS) is 17.3. The summed E-state index contributed by atoms with van der Waals surface area (Å²) < 4.78 is 5.39. The van der Waals surface area contributed by atoms with E-state index in [2.05, 4.69) is 36.1 Å². The van der Waals surface area contributed by atoms with Gasteiger partial charge in [-0.2, -0.15) is 4.98 Å². The van der Waals surface area contributed by atoms with Gasteiger partial charge in [0.1, 0.15) is 0 Å². The fourth-order valence-electron chi connectivity index (χ4n) is 3.27. The molecule has 5 nitrogen and oxygen atoms in total. The third-order valence-corrected chi connectivity index (χ3v) is 4.82. The highest BCUT2D eigenvalue weighted by Gasteiger charge is 2.34. The fraction of sp³-hybridized carbons (Fsp3) is 0.286. The fourth-order valence-corrected chi connectivity index (χ4v) is 3.27. The molecular formula is C21H21N3O2. The minimum atomic E-state index is -0.0477. The molecule has 132 valence electrons. The van der Waals surface area contributed by atoms with Crippen LogP contribution in [0.25, 0.3) is 11.5 Å². The van der Waals surface area contributed by atoms with E-state index in [9.17, 15) is 4.79 Å². The molecule has 0 bridgehead atoms. The Bertz CT molecular complexity index is 901. The van der Waals surface area contributed by atoms with Crippen LogP contribution in [0.3, 0.4) is 0 Å². The zero-order chi connectivity index (χ0) is 18.1. The van der Waals surface area contributed by atoms with E-state index >= 15 is 0 Å². The Kier molecular flexibility index (Phi) is 4.29. The molecule has 1 aliphatic heterocycles. The highest BCUT2D eigenvalue weighted by atomic mass is 16.5. The molecule has 4 rings (SSSR count). The van der Waals surface area contributed by atoms with E-state index in [0.29, 0.717) is 30.6 Å². The second-order valence-electron chi connectivity index (χ2n) is 6.98. The number of carbonyl (C=O) groups is 1. The molecule has 0 N–H and O–H groups in total. The van der Waals surface area contributed by atoms with Crippen LogP contribution >= 0.6 is 0 Å². The summed E-state index contributed by atoms with van der Waals surface area (Å²) in [5.74, 6) is 1.61. The molecule has 1 fully saturated rings. The van der Waals surface area contributed by atoms with E-state index in [-0.39, 0.29) is 11.8 Å². The molecule has 1 saturated heterocycles. The molecule has 1 amide bonds. The SMILES string of the molecule is CC(C)c1ccc(N2CC(c3noc(-c4ccccc4)n3)CC2=O)cc1. The maximum atomic E-state index is 12.5. The van der Waals surface area contributed by atoms with Gasteiger partial charge in [-0.15, -0.1) is 0 Å². The molecule has 5 heteroatoms. The monoisotopic (exact) mass is 347 g/mol. The van der Waals surface area contributed by atoms with Crippen LogP contribution in [0.4, 0.5) is 5.69 Å². The van der Waals surface area contributed by atoms with Crippen molar-refractivity contribution in [3.8, 4) is 11.5 Å². The average Bonchev–Trinajstić information content (AvgIpc) is 3.29. The molecule has 2 aromatic carbocycles. The first-order valence-corrected chi connectivity index (χ1v) is 8.91. The smallest absolute Gasteiger partial charge is 0.257 e. The van der Waals surface area contributed by atoms with Gasteiger partial charge in [0.05, 0.1) is 0 Å². The largest absolute Gasteiger partial charge is 0.334 e. The Hall–Kier alpha value is -2.95. The molecular weight excluding hydrogens is 326 g/mol. The number of hydrogen-bond donors (Lipinski definition) is 0. The van der Waals surface area contributed by atoms with E-state index in [1.165, 1.54) is 5.56 Å². The average molecular weight is 347 g/mol. The van der Waals surface area contributed by atoms with Crippen molar-refractivity contribution >= 4 is 11.6 Å². The highest BCUT2D eigenvalue weighted by molar-refractivity contribution is 5.96. The van der Waals surface area contributed by atoms with Crippen LogP contribution in [0.2, 0.25) is 0 Å². The number of aromatic nitrogens is 2. The minimum Gasteiger partial charge on any atom is -0.334 e. The molecule has 1 aromatic heterocycles. The zero-order valence-corrected chi connectivity index (χ0v) is 14.9. The molecule has 1 unspecified atom stereocenters. The maximum Gasteiger partial charge on any atom is 0.257 e. The molecule has 2 heterocycles. The lowest BCUT2D eigenvalue weighted by Gasteiger charge is -2.17. The Morgan fingerprint density at radius 1 is 1.08 bits per heavy atom. The number of amides is 1. The Balaban J connectivity index is 1.52. The Morgan fingerprint density at radius 3 is 2.50 bits per heavy atom. The highest BCUT2D eigenvalue weighted by Crippen LogP contribution is 2.32. The molecule has 0 saturated carbocycles. The van der Waals surface area contributed by atoms with E-state index in [1.54, 1.807) is 0 Å². The topological polar surface area (TPSA) is 59.2 Å². The van der Waals surface area contributed by atoms with Gasteiger partial charge in [-0.1, -0.05) is 49.3 Å². The van der Waals surface area contributed by atoms with Gasteiger partial charge in [0, 0.05) is 30.1 Å². The van der Waals surface area contributed by atoms with E-state index < -0.39 is 0 Å². The van der Waals surface area contributed by atoms with E-state index in [1.807, 2.05) is 47.4 Å². The summed E-state index contributed by atoms with van der Waals surface area (Å²) in [5.41, 5.74) is 3.08. The summed E-state index contributed by atoms with van der Waals surface area (Å²) in [4.78, 5) is 18.8. The Labute approximate surface area is 152 Å². The van der Waals surface area contributed by atoms with Crippen LogP contribution in [0, 0.1) is 0 Å². The van der Waals surface area contributed by atoms with Crippen molar-refractivity contribution in [2.75, 3.05) is 11.4 Å². The van der Waals surface area contributed by atoms with Crippen molar-refractivity contribution in [1.29, 1.82) is 0 Å². The third-order valence-electron chi connectivity index (χ3n) is 4.82. The summed E-state index contributed by atoms with van der Waals surface area (Å²) in [5, 5.41) is 4.11. The van der Waals surface area contributed by atoms with Crippen molar-refractivity contribution in [2.45, 2.75) is 32.1 Å². The van der Waals surface area contributed by atoms with Crippen LogP contribution in [0.1, 0.15) is 43.5 Å². The number of carbonyl (C=O) groups excluding carboxylic acids is 1. The molecule has 26 heavy (non-hydrogen) atoms. The van der Waals surface area contributed by atoms with Crippen LogP contribution in [0.15, 0.2) is 59.1 Å². The molecule has 0 spiro atoms. The molecule has 1 aliphatic rings. The number of benzene rings is 2. The summed E-state index contributed by atoms with van der Waals surface area (Å²) in [7, 11) is 0. The van der Waals surface area contributed by atoms with Crippen LogP contribution in [-0.2, 0) is 4.79 Å². The molecule has 0 aliphatic carbocycles. The van der Waals surface area contributed by atoms with Gasteiger partial charge in [0.15, 0.2) is 5.82 Å². The summed E-state index contributed by atoms with van der Waals surface area (Å²) in [6, 6.07) is 17.9. The van der Waals surface area contributed by atoms with Gasteiger partial charge >= 0.3 is 0 Å². The number of hydrogen-bond acceptors (Lipinski definition) is 4. The van der Waals surface area contributed by atoms with Crippen molar-refractivity contribution in [1.82, 2.24) is 10.1 Å². The third kappa shape index (κ3) is 3.12. The van der Waals surface area contributed by atoms with Gasteiger partial charge in [0.2, 0.25) is 5.91 Å². The van der Waals surface area contributed by atoms with Crippen molar-refractivity contribution in [3.05, 3.63) is 66.0 Å². The van der Waals surface area contributed by atoms with E-state index in [0.717, 1.165) is 11.3 Å². The summed E-state index contributed by atoms with van der Waals surface area (Å²) in [6.45, 7) is 4.90. The second-order valence-corrected chi connectivity index (χ2v) is 6.98. The number of anilines is 1. The second kappa shape index (κ2) is 6.75. The predicted molar refractivity (Wildman–Crippen MR) is 100.0 cm³/mol. The molecule has 0 radical (unpaired) electrons. The quantitative estimate of drug-likeness (QED) is 0.703. The molecule has 1 atom stereocenters. The van der Waals surface area contributed by atoms with E-state index in [4.69, 9.17) is 4.52 Å². The lowest BCUT2D eigenvalue weighted by molar-refractivity contribution is -0.117. The first-order valence-electron chi connectivity index (χ1n) is 8.91. The van der Waals surface area contributed by atoms with Gasteiger partial charge in [-0.3, -0.25) is 4.79 Å². The van der Waals surface area contributed by atoms with Crippen LogP contribution < -0.4 is 4.90 Å². The van der Waals surface area contributed by atoms with Crippen LogP contribution in [0.5, 0.6) is 0 Å². The van der Waals surface area contributed by atoms with Gasteiger partial charge in [-0.05, 0) is 35.7 Å². The number of nitrogens with zero attached hydrogens (tertiary/aromatic N) is 3. The molecule has 3 aromatic rings. The van der Waals surface area contributed by atoms with Gasteiger partial charge in [0.25, 0.3) is 5.89 Å².